The van der Waals surface area contributed by atoms with Gasteiger partial charge in [-0.25, -0.2) is 0 Å². The van der Waals surface area contributed by atoms with Crippen LogP contribution in [0.2, 0.25) is 0 Å². The Labute approximate surface area is 102 Å². The maximum absolute atomic E-state index is 12.1. The molecule has 1 aromatic rings. The molecular formula is C12H18BNO3. The summed E-state index contributed by atoms with van der Waals surface area (Å²) >= 11 is 0. The Kier molecular flexibility index (Phi) is 3.96. The van der Waals surface area contributed by atoms with Gasteiger partial charge in [0.1, 0.15) is 0 Å². The Morgan fingerprint density at radius 3 is 2.35 bits per heavy atom. The lowest BCUT2D eigenvalue weighted by Gasteiger charge is -2.32. The summed E-state index contributed by atoms with van der Waals surface area (Å²) in [6.45, 7) is 5.82. The second-order valence-electron chi connectivity index (χ2n) is 5.03. The van der Waals surface area contributed by atoms with Crippen LogP contribution in [0.15, 0.2) is 24.3 Å². The van der Waals surface area contributed by atoms with Crippen LogP contribution in [-0.2, 0) is 0 Å². The van der Waals surface area contributed by atoms with Crippen molar-refractivity contribution in [3.63, 3.8) is 0 Å². The van der Waals surface area contributed by atoms with E-state index in [1.54, 1.807) is 30.1 Å². The van der Waals surface area contributed by atoms with E-state index in [4.69, 9.17) is 10.0 Å². The quantitative estimate of drug-likeness (QED) is 0.721. The average molecular weight is 235 g/mol. The summed E-state index contributed by atoms with van der Waals surface area (Å²) in [4.78, 5) is 13.7. The maximum Gasteiger partial charge on any atom is 0.488 e. The second kappa shape index (κ2) is 4.90. The minimum absolute atomic E-state index is 0.139. The van der Waals surface area contributed by atoms with E-state index in [0.717, 1.165) is 0 Å². The monoisotopic (exact) mass is 235 g/mol. The lowest BCUT2D eigenvalue weighted by atomic mass is 9.79. The Balaban J connectivity index is 3.01. The number of benzene rings is 1. The zero-order valence-electron chi connectivity index (χ0n) is 10.6. The van der Waals surface area contributed by atoms with E-state index in [2.05, 4.69) is 0 Å². The standard InChI is InChI=1S/C12H18BNO3/c1-12(2,3)14(4)11(15)9-6-5-7-10(8-9)13(16)17/h5-8,16-17H,1-4H3. The molecule has 1 rings (SSSR count). The first-order valence-electron chi connectivity index (χ1n) is 5.47. The van der Waals surface area contributed by atoms with Crippen LogP contribution in [-0.4, -0.2) is 40.6 Å². The van der Waals surface area contributed by atoms with Crippen LogP contribution in [0.4, 0.5) is 0 Å². The fourth-order valence-corrected chi connectivity index (χ4v) is 1.33. The summed E-state index contributed by atoms with van der Waals surface area (Å²) < 4.78 is 0. The van der Waals surface area contributed by atoms with Crippen LogP contribution in [0.3, 0.4) is 0 Å². The van der Waals surface area contributed by atoms with Crippen molar-refractivity contribution >= 4 is 18.5 Å². The van der Waals surface area contributed by atoms with E-state index in [0.29, 0.717) is 11.0 Å². The number of amides is 1. The molecule has 0 atom stereocenters. The van der Waals surface area contributed by atoms with Gasteiger partial charge >= 0.3 is 7.12 Å². The number of carbonyl (C=O) groups is 1. The van der Waals surface area contributed by atoms with Gasteiger partial charge in [-0.3, -0.25) is 4.79 Å². The zero-order chi connectivity index (χ0) is 13.2. The molecule has 0 radical (unpaired) electrons. The molecule has 0 saturated heterocycles. The molecule has 1 amide bonds. The second-order valence-corrected chi connectivity index (χ2v) is 5.03. The molecule has 5 heteroatoms. The van der Waals surface area contributed by atoms with Gasteiger partial charge in [0.25, 0.3) is 5.91 Å². The van der Waals surface area contributed by atoms with Crippen LogP contribution in [0, 0.1) is 0 Å². The summed E-state index contributed by atoms with van der Waals surface area (Å²) in [6, 6.07) is 6.36. The number of hydrogen-bond donors (Lipinski definition) is 2. The molecule has 2 N–H and O–H groups in total. The molecule has 0 saturated carbocycles. The summed E-state index contributed by atoms with van der Waals surface area (Å²) in [5.74, 6) is -0.139. The topological polar surface area (TPSA) is 60.8 Å². The van der Waals surface area contributed by atoms with Crippen LogP contribution in [0.5, 0.6) is 0 Å². The van der Waals surface area contributed by atoms with Gasteiger partial charge in [0.2, 0.25) is 0 Å². The fourth-order valence-electron chi connectivity index (χ4n) is 1.33. The minimum Gasteiger partial charge on any atom is -0.423 e. The highest BCUT2D eigenvalue weighted by atomic mass is 16.4. The first-order chi connectivity index (χ1) is 7.73. The van der Waals surface area contributed by atoms with Crippen molar-refractivity contribution in [3.8, 4) is 0 Å². The van der Waals surface area contributed by atoms with Gasteiger partial charge in [0, 0.05) is 18.2 Å². The molecule has 92 valence electrons. The number of hydrogen-bond acceptors (Lipinski definition) is 3. The normalized spacial score (nSPS) is 11.2. The summed E-state index contributed by atoms with van der Waals surface area (Å²) in [7, 11) is 0.174. The SMILES string of the molecule is CN(C(=O)c1cccc(B(O)O)c1)C(C)(C)C. The predicted molar refractivity (Wildman–Crippen MR) is 68.1 cm³/mol. The average Bonchev–Trinajstić information content (AvgIpc) is 2.26. The molecule has 0 fully saturated rings. The van der Waals surface area contributed by atoms with Crippen molar-refractivity contribution < 1.29 is 14.8 Å². The highest BCUT2D eigenvalue weighted by molar-refractivity contribution is 6.58. The Morgan fingerprint density at radius 2 is 1.88 bits per heavy atom. The van der Waals surface area contributed by atoms with Gasteiger partial charge in [-0.1, -0.05) is 12.1 Å². The fraction of sp³-hybridized carbons (Fsp3) is 0.417. The van der Waals surface area contributed by atoms with Crippen LogP contribution >= 0.6 is 0 Å². The number of rotatable bonds is 2. The Hall–Kier alpha value is -1.33. The molecule has 0 aromatic heterocycles. The van der Waals surface area contributed by atoms with Gasteiger partial charge in [0.05, 0.1) is 0 Å². The predicted octanol–water partition coefficient (Wildman–Crippen LogP) is 0.237. The highest BCUT2D eigenvalue weighted by Gasteiger charge is 2.24. The largest absolute Gasteiger partial charge is 0.488 e. The summed E-state index contributed by atoms with van der Waals surface area (Å²) in [5, 5.41) is 18.1. The van der Waals surface area contributed by atoms with E-state index >= 15 is 0 Å². The third kappa shape index (κ3) is 3.31. The molecule has 0 bridgehead atoms. The first kappa shape index (κ1) is 13.7. The molecule has 4 nitrogen and oxygen atoms in total. The highest BCUT2D eigenvalue weighted by Crippen LogP contribution is 2.14. The van der Waals surface area contributed by atoms with Crippen molar-refractivity contribution in [2.75, 3.05) is 7.05 Å². The van der Waals surface area contributed by atoms with E-state index in [1.807, 2.05) is 20.8 Å². The zero-order valence-corrected chi connectivity index (χ0v) is 10.6. The molecule has 0 aliphatic rings. The minimum atomic E-state index is -1.55. The molecule has 0 aliphatic heterocycles. The van der Waals surface area contributed by atoms with E-state index in [1.165, 1.54) is 6.07 Å². The third-order valence-corrected chi connectivity index (χ3v) is 2.74. The van der Waals surface area contributed by atoms with E-state index in [9.17, 15) is 4.79 Å². The maximum atomic E-state index is 12.1. The van der Waals surface area contributed by atoms with E-state index in [-0.39, 0.29) is 11.4 Å². The van der Waals surface area contributed by atoms with Gasteiger partial charge in [0.15, 0.2) is 0 Å². The summed E-state index contributed by atoms with van der Waals surface area (Å²) in [6.07, 6.45) is 0. The summed E-state index contributed by atoms with van der Waals surface area (Å²) in [5.41, 5.74) is 0.497. The van der Waals surface area contributed by atoms with Gasteiger partial charge < -0.3 is 14.9 Å². The van der Waals surface area contributed by atoms with Crippen LogP contribution < -0.4 is 5.46 Å². The van der Waals surface area contributed by atoms with Crippen molar-refractivity contribution in [2.24, 2.45) is 0 Å². The Morgan fingerprint density at radius 1 is 1.29 bits per heavy atom. The lowest BCUT2D eigenvalue weighted by molar-refractivity contribution is 0.0656. The molecule has 1 aromatic carbocycles. The molecule has 0 unspecified atom stereocenters. The van der Waals surface area contributed by atoms with Crippen LogP contribution in [0.25, 0.3) is 0 Å². The van der Waals surface area contributed by atoms with Crippen molar-refractivity contribution in [1.82, 2.24) is 4.90 Å². The molecule has 0 spiro atoms. The number of carbonyl (C=O) groups excluding carboxylic acids is 1. The number of nitrogens with zero attached hydrogens (tertiary/aromatic N) is 1. The Bertz CT molecular complexity index is 412. The van der Waals surface area contributed by atoms with E-state index < -0.39 is 7.12 Å². The van der Waals surface area contributed by atoms with Crippen LogP contribution in [0.1, 0.15) is 31.1 Å². The van der Waals surface area contributed by atoms with Crippen molar-refractivity contribution in [3.05, 3.63) is 29.8 Å². The third-order valence-electron chi connectivity index (χ3n) is 2.74. The molecule has 0 heterocycles. The van der Waals surface area contributed by atoms with Crippen molar-refractivity contribution in [2.45, 2.75) is 26.3 Å². The van der Waals surface area contributed by atoms with Gasteiger partial charge in [-0.05, 0) is 38.4 Å². The lowest BCUT2D eigenvalue weighted by Crippen LogP contribution is -2.43. The smallest absolute Gasteiger partial charge is 0.423 e. The molecule has 0 aliphatic carbocycles. The first-order valence-corrected chi connectivity index (χ1v) is 5.47. The van der Waals surface area contributed by atoms with Gasteiger partial charge in [-0.15, -0.1) is 0 Å². The molecule has 17 heavy (non-hydrogen) atoms. The van der Waals surface area contributed by atoms with Gasteiger partial charge in [-0.2, -0.15) is 0 Å². The van der Waals surface area contributed by atoms with Crippen molar-refractivity contribution in [1.29, 1.82) is 0 Å². The molecular weight excluding hydrogens is 217 g/mol.